The molecule has 3 amide bonds. The Hall–Kier alpha value is -2.85. The fourth-order valence-electron chi connectivity index (χ4n) is 3.64. The Morgan fingerprint density at radius 3 is 2.59 bits per heavy atom. The van der Waals surface area contributed by atoms with Gasteiger partial charge in [0.05, 0.1) is 11.9 Å². The number of carbonyl (C=O) groups excluding carboxylic acids is 3. The van der Waals surface area contributed by atoms with Crippen LogP contribution in [0.1, 0.15) is 36.8 Å². The maximum absolute atomic E-state index is 13.1. The van der Waals surface area contributed by atoms with Crippen LogP contribution in [0.2, 0.25) is 0 Å². The molecule has 1 saturated heterocycles. The lowest BCUT2D eigenvalue weighted by molar-refractivity contribution is -0.147. The van der Waals surface area contributed by atoms with Crippen molar-refractivity contribution in [2.24, 2.45) is 7.05 Å². The Kier molecular flexibility index (Phi) is 7.25. The van der Waals surface area contributed by atoms with Gasteiger partial charge in [0, 0.05) is 36.9 Å². The third-order valence-corrected chi connectivity index (χ3v) is 6.93. The summed E-state index contributed by atoms with van der Waals surface area (Å²) >= 11 is 1.47. The Balaban J connectivity index is 1.67. The van der Waals surface area contributed by atoms with Crippen molar-refractivity contribution in [3.63, 3.8) is 0 Å². The molecule has 172 valence electrons. The first-order valence-corrected chi connectivity index (χ1v) is 11.3. The summed E-state index contributed by atoms with van der Waals surface area (Å²) < 4.78 is 1.12. The average Bonchev–Trinajstić information content (AvgIpc) is 3.33. The highest BCUT2D eigenvalue weighted by Crippen LogP contribution is 2.39. The highest BCUT2D eigenvalue weighted by Gasteiger charge is 2.49. The maximum Gasteiger partial charge on any atom is 0.268 e. The van der Waals surface area contributed by atoms with Gasteiger partial charge in [-0.2, -0.15) is 0 Å². The van der Waals surface area contributed by atoms with Crippen LogP contribution >= 0.6 is 11.8 Å². The molecule has 0 spiro atoms. The molecule has 0 aliphatic carbocycles. The summed E-state index contributed by atoms with van der Waals surface area (Å²) in [5.41, 5.74) is 1.31. The number of aryl methyl sites for hydroxylation is 1. The van der Waals surface area contributed by atoms with Crippen molar-refractivity contribution in [2.45, 2.75) is 50.3 Å². The van der Waals surface area contributed by atoms with E-state index in [1.807, 2.05) is 13.8 Å². The van der Waals surface area contributed by atoms with E-state index < -0.39 is 28.8 Å². The van der Waals surface area contributed by atoms with Crippen LogP contribution in [0.4, 0.5) is 0 Å². The van der Waals surface area contributed by atoms with E-state index in [4.69, 9.17) is 0 Å². The smallest absolute Gasteiger partial charge is 0.268 e. The largest absolute Gasteiger partial charge is 0.381 e. The first kappa shape index (κ1) is 23.8. The molecule has 3 N–H and O–H groups in total. The van der Waals surface area contributed by atoms with E-state index in [1.54, 1.807) is 61.4 Å². The SMILES string of the molecule is C[C@H](NC(=O)c1cccn1C)[C@H](O)C(=O)N1CSC(C)(C)[C@H]1C(=O)NCc1ccncc1. The number of aromatic nitrogens is 2. The molecule has 1 aliphatic rings. The van der Waals surface area contributed by atoms with Crippen LogP contribution in [0.3, 0.4) is 0 Å². The summed E-state index contributed by atoms with van der Waals surface area (Å²) in [7, 11) is 1.74. The van der Waals surface area contributed by atoms with E-state index in [1.165, 1.54) is 16.7 Å². The molecular weight excluding hydrogens is 430 g/mol. The number of thioether (sulfide) groups is 1. The zero-order chi connectivity index (χ0) is 23.5. The van der Waals surface area contributed by atoms with Gasteiger partial charge < -0.3 is 25.2 Å². The van der Waals surface area contributed by atoms with Gasteiger partial charge in [-0.05, 0) is 50.6 Å². The standard InChI is InChI=1S/C22H29N5O4S/c1-14(25-19(29)16-6-5-11-26(16)4)17(28)21(31)27-13-32-22(2,3)18(27)20(30)24-12-15-7-9-23-10-8-15/h5-11,14,17-18,28H,12-13H2,1-4H3,(H,24,30)(H,25,29)/t14-,17-,18+/m0/s1. The minimum atomic E-state index is -1.48. The van der Waals surface area contributed by atoms with Crippen LogP contribution in [0.25, 0.3) is 0 Å². The molecule has 9 nitrogen and oxygen atoms in total. The number of aliphatic hydroxyl groups is 1. The van der Waals surface area contributed by atoms with Crippen LogP contribution in [-0.4, -0.2) is 66.1 Å². The first-order chi connectivity index (χ1) is 15.1. The number of nitrogens with one attached hydrogen (secondary N) is 2. The molecule has 0 bridgehead atoms. The van der Waals surface area contributed by atoms with Crippen molar-refractivity contribution in [2.75, 3.05) is 5.88 Å². The van der Waals surface area contributed by atoms with Crippen molar-refractivity contribution in [3.8, 4) is 0 Å². The highest BCUT2D eigenvalue weighted by molar-refractivity contribution is 8.00. The minimum Gasteiger partial charge on any atom is -0.381 e. The van der Waals surface area contributed by atoms with Crippen LogP contribution in [0, 0.1) is 0 Å². The maximum atomic E-state index is 13.1. The van der Waals surface area contributed by atoms with Crippen molar-refractivity contribution < 1.29 is 19.5 Å². The second-order valence-electron chi connectivity index (χ2n) is 8.37. The minimum absolute atomic E-state index is 0.273. The Bertz CT molecular complexity index is 978. The Labute approximate surface area is 191 Å². The van der Waals surface area contributed by atoms with E-state index in [2.05, 4.69) is 15.6 Å². The fraction of sp³-hybridized carbons (Fsp3) is 0.455. The number of hydrogen-bond acceptors (Lipinski definition) is 6. The zero-order valence-electron chi connectivity index (χ0n) is 18.6. The van der Waals surface area contributed by atoms with Gasteiger partial charge >= 0.3 is 0 Å². The fourth-order valence-corrected chi connectivity index (χ4v) is 4.78. The summed E-state index contributed by atoms with van der Waals surface area (Å²) in [6.45, 7) is 5.67. The number of carbonyl (C=O) groups is 3. The van der Waals surface area contributed by atoms with E-state index in [0.29, 0.717) is 12.2 Å². The predicted molar refractivity (Wildman–Crippen MR) is 122 cm³/mol. The quantitative estimate of drug-likeness (QED) is 0.566. The third kappa shape index (κ3) is 5.13. The summed E-state index contributed by atoms with van der Waals surface area (Å²) in [5.74, 6) is -1.00. The molecule has 0 unspecified atom stereocenters. The second kappa shape index (κ2) is 9.74. The molecule has 2 aromatic rings. The average molecular weight is 460 g/mol. The van der Waals surface area contributed by atoms with Gasteiger partial charge in [-0.25, -0.2) is 0 Å². The van der Waals surface area contributed by atoms with E-state index in [-0.39, 0.29) is 17.7 Å². The van der Waals surface area contributed by atoms with Crippen molar-refractivity contribution >= 4 is 29.5 Å². The molecule has 3 heterocycles. The van der Waals surface area contributed by atoms with Crippen molar-refractivity contribution in [3.05, 3.63) is 54.1 Å². The number of hydrogen-bond donors (Lipinski definition) is 3. The van der Waals surface area contributed by atoms with Gasteiger partial charge in [0.2, 0.25) is 5.91 Å². The molecule has 32 heavy (non-hydrogen) atoms. The van der Waals surface area contributed by atoms with Gasteiger partial charge in [-0.3, -0.25) is 19.4 Å². The molecule has 10 heteroatoms. The lowest BCUT2D eigenvalue weighted by Gasteiger charge is -2.32. The van der Waals surface area contributed by atoms with Crippen LogP contribution < -0.4 is 10.6 Å². The molecule has 1 aliphatic heterocycles. The topological polar surface area (TPSA) is 117 Å². The second-order valence-corrected chi connectivity index (χ2v) is 9.97. The zero-order valence-corrected chi connectivity index (χ0v) is 19.4. The summed E-state index contributed by atoms with van der Waals surface area (Å²) in [6, 6.07) is 5.40. The van der Waals surface area contributed by atoms with Gasteiger partial charge in [-0.15, -0.1) is 11.8 Å². The molecule has 0 aromatic carbocycles. The monoisotopic (exact) mass is 459 g/mol. The predicted octanol–water partition coefficient (Wildman–Crippen LogP) is 0.896. The van der Waals surface area contributed by atoms with Gasteiger partial charge in [0.1, 0.15) is 11.7 Å². The summed E-state index contributed by atoms with van der Waals surface area (Å²) in [5, 5.41) is 16.2. The lowest BCUT2D eigenvalue weighted by Crippen LogP contribution is -2.57. The number of nitrogens with zero attached hydrogens (tertiary/aromatic N) is 3. The van der Waals surface area contributed by atoms with Gasteiger partial charge in [0.15, 0.2) is 6.10 Å². The van der Waals surface area contributed by atoms with Gasteiger partial charge in [0.25, 0.3) is 11.8 Å². The molecule has 0 saturated carbocycles. The molecule has 2 aromatic heterocycles. The van der Waals surface area contributed by atoms with Crippen molar-refractivity contribution in [1.29, 1.82) is 0 Å². The van der Waals surface area contributed by atoms with Crippen LogP contribution in [0.15, 0.2) is 42.9 Å². The third-order valence-electron chi connectivity index (χ3n) is 5.56. The molecule has 3 atom stereocenters. The normalized spacial score (nSPS) is 19.3. The molecule has 3 rings (SSSR count). The Morgan fingerprint density at radius 2 is 1.97 bits per heavy atom. The van der Waals surface area contributed by atoms with E-state index >= 15 is 0 Å². The molecule has 1 fully saturated rings. The number of aliphatic hydroxyl groups excluding tert-OH is 1. The lowest BCUT2D eigenvalue weighted by atomic mass is 9.99. The van der Waals surface area contributed by atoms with Gasteiger partial charge in [-0.1, -0.05) is 0 Å². The number of pyridine rings is 1. The van der Waals surface area contributed by atoms with Crippen molar-refractivity contribution in [1.82, 2.24) is 25.1 Å². The van der Waals surface area contributed by atoms with E-state index in [9.17, 15) is 19.5 Å². The highest BCUT2D eigenvalue weighted by atomic mass is 32.2. The molecular formula is C22H29N5O4S. The number of amides is 3. The number of rotatable bonds is 7. The molecule has 0 radical (unpaired) electrons. The summed E-state index contributed by atoms with van der Waals surface area (Å²) in [6.07, 6.45) is 3.55. The van der Waals surface area contributed by atoms with Crippen LogP contribution in [0.5, 0.6) is 0 Å². The van der Waals surface area contributed by atoms with E-state index in [0.717, 1.165) is 5.56 Å². The summed E-state index contributed by atoms with van der Waals surface area (Å²) in [4.78, 5) is 43.9. The first-order valence-electron chi connectivity index (χ1n) is 10.3. The van der Waals surface area contributed by atoms with Crippen LogP contribution in [-0.2, 0) is 23.2 Å². The Morgan fingerprint density at radius 1 is 1.28 bits per heavy atom.